The second kappa shape index (κ2) is 8.88. The molecule has 0 N–H and O–H groups in total. The van der Waals surface area contributed by atoms with Crippen LogP contribution in [-0.2, 0) is 0 Å². The molecule has 4 heterocycles. The molecule has 9 rings (SSSR count). The maximum Gasteiger partial charge on any atom is 0.0887 e. The van der Waals surface area contributed by atoms with Crippen LogP contribution in [0, 0.1) is 0 Å². The second-order valence-corrected chi connectivity index (χ2v) is 10.7. The molecule has 4 heteroatoms. The molecule has 0 saturated carbocycles. The fraction of sp³-hybridized carbons (Fsp3) is 0. The summed E-state index contributed by atoms with van der Waals surface area (Å²) in [6, 6.07) is 47.3. The van der Waals surface area contributed by atoms with Gasteiger partial charge in [0.2, 0.25) is 0 Å². The summed E-state index contributed by atoms with van der Waals surface area (Å²) in [5.74, 6) is 0. The van der Waals surface area contributed by atoms with Crippen LogP contribution in [0.4, 0.5) is 0 Å². The van der Waals surface area contributed by atoms with Crippen LogP contribution in [0.3, 0.4) is 0 Å². The fourth-order valence-electron chi connectivity index (χ4n) is 6.66. The van der Waals surface area contributed by atoms with Gasteiger partial charge in [-0.2, -0.15) is 0 Å². The van der Waals surface area contributed by atoms with Gasteiger partial charge < -0.3 is 9.13 Å². The van der Waals surface area contributed by atoms with E-state index in [-0.39, 0.29) is 0 Å². The third-order valence-corrected chi connectivity index (χ3v) is 8.42. The molecule has 0 amide bonds. The van der Waals surface area contributed by atoms with Gasteiger partial charge in [0.25, 0.3) is 0 Å². The molecule has 196 valence electrons. The van der Waals surface area contributed by atoms with Crippen molar-refractivity contribution >= 4 is 54.4 Å². The van der Waals surface area contributed by atoms with Crippen LogP contribution < -0.4 is 0 Å². The highest BCUT2D eigenvalue weighted by molar-refractivity contribution is 6.29. The fourth-order valence-corrected chi connectivity index (χ4v) is 6.66. The van der Waals surface area contributed by atoms with Crippen LogP contribution in [0.2, 0.25) is 0 Å². The van der Waals surface area contributed by atoms with Crippen molar-refractivity contribution in [2.24, 2.45) is 0 Å². The summed E-state index contributed by atoms with van der Waals surface area (Å²) in [5, 5.41) is 7.56. The van der Waals surface area contributed by atoms with Crippen molar-refractivity contribution in [1.29, 1.82) is 0 Å². The van der Waals surface area contributed by atoms with E-state index in [1.165, 1.54) is 60.1 Å². The molecule has 0 atom stereocenters. The van der Waals surface area contributed by atoms with Crippen molar-refractivity contribution in [3.05, 3.63) is 146 Å². The molecule has 4 nitrogen and oxygen atoms in total. The van der Waals surface area contributed by atoms with E-state index in [4.69, 9.17) is 4.98 Å². The number of hydrogen-bond acceptors (Lipinski definition) is 2. The molecule has 0 radical (unpaired) electrons. The SMILES string of the molecule is c1ccc(-n2c3ccccc3c3c4ccc5c(c4ccc32)c2ccccc2n5-c2ccc(-c3ccccn3)nc2)cc1. The van der Waals surface area contributed by atoms with Crippen LogP contribution >= 0.6 is 0 Å². The number of pyridine rings is 2. The van der Waals surface area contributed by atoms with Crippen molar-refractivity contribution in [2.75, 3.05) is 0 Å². The molecule has 0 aliphatic rings. The number of fused-ring (bicyclic) bond motifs is 9. The van der Waals surface area contributed by atoms with E-state index in [0.29, 0.717) is 0 Å². The van der Waals surface area contributed by atoms with E-state index in [9.17, 15) is 0 Å². The van der Waals surface area contributed by atoms with Crippen LogP contribution in [0.1, 0.15) is 0 Å². The molecule has 0 unspecified atom stereocenters. The zero-order chi connectivity index (χ0) is 27.6. The summed E-state index contributed by atoms with van der Waals surface area (Å²) in [4.78, 5) is 9.27. The molecule has 0 aliphatic carbocycles. The van der Waals surface area contributed by atoms with Crippen LogP contribution in [0.25, 0.3) is 77.1 Å². The maximum atomic E-state index is 4.80. The Morgan fingerprint density at radius 3 is 1.52 bits per heavy atom. The van der Waals surface area contributed by atoms with Crippen molar-refractivity contribution in [3.8, 4) is 22.8 Å². The lowest BCUT2D eigenvalue weighted by Crippen LogP contribution is -1.96. The van der Waals surface area contributed by atoms with Gasteiger partial charge in [-0.15, -0.1) is 0 Å². The first-order valence-corrected chi connectivity index (χ1v) is 14.2. The van der Waals surface area contributed by atoms with Crippen molar-refractivity contribution in [2.45, 2.75) is 0 Å². The van der Waals surface area contributed by atoms with Crippen LogP contribution in [0.5, 0.6) is 0 Å². The number of benzene rings is 5. The summed E-state index contributed by atoms with van der Waals surface area (Å²) in [7, 11) is 0. The second-order valence-electron chi connectivity index (χ2n) is 10.7. The molecule has 0 saturated heterocycles. The Hall–Kier alpha value is -5.74. The minimum Gasteiger partial charge on any atom is -0.309 e. The Kier molecular flexibility index (Phi) is 4.87. The van der Waals surface area contributed by atoms with Gasteiger partial charge in [0.15, 0.2) is 0 Å². The van der Waals surface area contributed by atoms with Crippen LogP contribution in [-0.4, -0.2) is 19.1 Å². The maximum absolute atomic E-state index is 4.80. The first-order valence-electron chi connectivity index (χ1n) is 14.2. The summed E-state index contributed by atoms with van der Waals surface area (Å²) in [5.41, 5.74) is 8.70. The molecular formula is C38H24N4. The summed E-state index contributed by atoms with van der Waals surface area (Å²) >= 11 is 0. The predicted molar refractivity (Wildman–Crippen MR) is 174 cm³/mol. The van der Waals surface area contributed by atoms with Gasteiger partial charge in [-0.25, -0.2) is 0 Å². The summed E-state index contributed by atoms with van der Waals surface area (Å²) < 4.78 is 4.71. The minimum atomic E-state index is 0.864. The average Bonchev–Trinajstić information content (AvgIpc) is 3.59. The first kappa shape index (κ1) is 23.0. The highest BCUT2D eigenvalue weighted by Gasteiger charge is 2.19. The molecular weight excluding hydrogens is 512 g/mol. The molecule has 9 aromatic rings. The van der Waals surface area contributed by atoms with Gasteiger partial charge >= 0.3 is 0 Å². The van der Waals surface area contributed by atoms with Crippen LogP contribution in [0.15, 0.2) is 146 Å². The standard InChI is InChI=1S/C38H24N4/c1-2-10-25(11-3-1)41-33-15-6-4-12-29(33)37-27-19-22-36-38(28(27)18-21-35(37)41)30-13-5-7-16-34(30)42(36)26-17-20-32(40-24-26)31-14-8-9-23-39-31/h1-24H. The normalized spacial score (nSPS) is 11.8. The van der Waals surface area contributed by atoms with Gasteiger partial charge in [0.05, 0.1) is 45.3 Å². The Labute approximate surface area is 241 Å². The molecule has 42 heavy (non-hydrogen) atoms. The Morgan fingerprint density at radius 2 is 0.929 bits per heavy atom. The number of nitrogens with zero attached hydrogens (tertiary/aromatic N) is 4. The van der Waals surface area contributed by atoms with Crippen molar-refractivity contribution in [3.63, 3.8) is 0 Å². The van der Waals surface area contributed by atoms with E-state index >= 15 is 0 Å². The van der Waals surface area contributed by atoms with Gasteiger partial charge in [-0.05, 0) is 71.4 Å². The molecule has 4 aromatic heterocycles. The topological polar surface area (TPSA) is 35.6 Å². The Bertz CT molecular complexity index is 2430. The van der Waals surface area contributed by atoms with Gasteiger partial charge in [0, 0.05) is 33.4 Å². The first-order chi connectivity index (χ1) is 20.9. The third-order valence-electron chi connectivity index (χ3n) is 8.42. The molecule has 0 spiro atoms. The highest BCUT2D eigenvalue weighted by Crippen LogP contribution is 2.42. The number of hydrogen-bond donors (Lipinski definition) is 0. The summed E-state index contributed by atoms with van der Waals surface area (Å²) in [6.45, 7) is 0. The molecule has 0 aliphatic heterocycles. The van der Waals surface area contributed by atoms with E-state index < -0.39 is 0 Å². The molecule has 0 bridgehead atoms. The lowest BCUT2D eigenvalue weighted by Gasteiger charge is -2.10. The van der Waals surface area contributed by atoms with E-state index in [0.717, 1.165) is 17.1 Å². The summed E-state index contributed by atoms with van der Waals surface area (Å²) in [6.07, 6.45) is 3.76. The molecule has 0 fully saturated rings. The zero-order valence-corrected chi connectivity index (χ0v) is 22.6. The minimum absolute atomic E-state index is 0.864. The number of para-hydroxylation sites is 3. The van der Waals surface area contributed by atoms with Gasteiger partial charge in [-0.3, -0.25) is 9.97 Å². The van der Waals surface area contributed by atoms with Gasteiger partial charge in [0.1, 0.15) is 0 Å². The smallest absolute Gasteiger partial charge is 0.0887 e. The van der Waals surface area contributed by atoms with Crippen molar-refractivity contribution < 1.29 is 0 Å². The lowest BCUT2D eigenvalue weighted by atomic mass is 9.99. The Morgan fingerprint density at radius 1 is 0.357 bits per heavy atom. The number of aromatic nitrogens is 4. The number of rotatable bonds is 3. The predicted octanol–water partition coefficient (Wildman–Crippen LogP) is 9.49. The largest absolute Gasteiger partial charge is 0.309 e. The monoisotopic (exact) mass is 536 g/mol. The van der Waals surface area contributed by atoms with E-state index in [2.05, 4.69) is 129 Å². The lowest BCUT2D eigenvalue weighted by molar-refractivity contribution is 1.14. The van der Waals surface area contributed by atoms with Gasteiger partial charge in [-0.1, -0.05) is 72.8 Å². The van der Waals surface area contributed by atoms with E-state index in [1.807, 2.05) is 24.4 Å². The quantitative estimate of drug-likeness (QED) is 0.225. The third kappa shape index (κ3) is 3.23. The highest BCUT2D eigenvalue weighted by atomic mass is 15.0. The van der Waals surface area contributed by atoms with Crippen molar-refractivity contribution in [1.82, 2.24) is 19.1 Å². The van der Waals surface area contributed by atoms with E-state index in [1.54, 1.807) is 6.20 Å². The molecule has 5 aromatic carbocycles. The zero-order valence-electron chi connectivity index (χ0n) is 22.6. The average molecular weight is 537 g/mol. The Balaban J connectivity index is 1.35.